The van der Waals surface area contributed by atoms with Gasteiger partial charge in [-0.2, -0.15) is 4.98 Å². The zero-order chi connectivity index (χ0) is 27.5. The van der Waals surface area contributed by atoms with Crippen LogP contribution in [0.1, 0.15) is 12.2 Å². The highest BCUT2D eigenvalue weighted by Crippen LogP contribution is 2.37. The summed E-state index contributed by atoms with van der Waals surface area (Å²) in [5, 5.41) is 6.96. The van der Waals surface area contributed by atoms with E-state index in [4.69, 9.17) is 9.47 Å². The number of ether oxygens (including phenoxy) is 2. The summed E-state index contributed by atoms with van der Waals surface area (Å²) in [5.74, 6) is -3.48. The fourth-order valence-corrected chi connectivity index (χ4v) is 5.31. The smallest absolute Gasteiger partial charge is 0.280 e. The van der Waals surface area contributed by atoms with Crippen molar-refractivity contribution < 1.29 is 31.4 Å². The normalized spacial score (nSPS) is 20.2. The average Bonchev–Trinajstić information content (AvgIpc) is 3.33. The Hall–Kier alpha value is -3.52. The number of imidazole rings is 1. The molecule has 0 amide bonds. The molecule has 14 heteroatoms. The number of aromatic nitrogens is 5. The number of hydrogen-bond acceptors (Lipinski definition) is 7. The first-order valence-corrected chi connectivity index (χ1v) is 12.5. The van der Waals surface area contributed by atoms with Gasteiger partial charge in [0, 0.05) is 6.54 Å². The lowest BCUT2D eigenvalue weighted by atomic mass is 9.98. The fraction of sp³-hybridized carbons (Fsp3) is 0.480. The minimum absolute atomic E-state index is 0.00272. The van der Waals surface area contributed by atoms with Gasteiger partial charge in [0.2, 0.25) is 11.8 Å². The SMILES string of the molecule is COc1nc(N[C@@H]2CCN(C3COC3)CC2(F)F)nn2cc(F)c(-c3ccc4nc(C)n(CC(F)F)c4c3)c12. The van der Waals surface area contributed by atoms with Gasteiger partial charge in [0.1, 0.15) is 11.3 Å². The van der Waals surface area contributed by atoms with Gasteiger partial charge in [-0.25, -0.2) is 31.5 Å². The Morgan fingerprint density at radius 3 is 2.69 bits per heavy atom. The van der Waals surface area contributed by atoms with Crippen LogP contribution in [0.2, 0.25) is 0 Å². The molecule has 0 aliphatic carbocycles. The Bertz CT molecular complexity index is 1530. The first-order valence-electron chi connectivity index (χ1n) is 12.5. The number of hydrogen-bond donors (Lipinski definition) is 1. The molecule has 1 atom stereocenters. The molecule has 0 bridgehead atoms. The molecule has 0 spiro atoms. The van der Waals surface area contributed by atoms with Crippen molar-refractivity contribution >= 4 is 22.5 Å². The summed E-state index contributed by atoms with van der Waals surface area (Å²) in [6, 6.07) is 3.59. The van der Waals surface area contributed by atoms with Gasteiger partial charge in [-0.3, -0.25) is 4.90 Å². The van der Waals surface area contributed by atoms with Gasteiger partial charge < -0.3 is 19.4 Å². The third kappa shape index (κ3) is 4.54. The second-order valence-electron chi connectivity index (χ2n) is 9.86. The van der Waals surface area contributed by atoms with Gasteiger partial charge in [-0.05, 0) is 31.0 Å². The van der Waals surface area contributed by atoms with Gasteiger partial charge in [-0.1, -0.05) is 6.07 Å². The van der Waals surface area contributed by atoms with Gasteiger partial charge in [0.25, 0.3) is 12.3 Å². The van der Waals surface area contributed by atoms with Crippen molar-refractivity contribution in [3.8, 4) is 17.0 Å². The monoisotopic (exact) mass is 551 g/mol. The van der Waals surface area contributed by atoms with Crippen LogP contribution < -0.4 is 10.1 Å². The van der Waals surface area contributed by atoms with Gasteiger partial charge in [-0.15, -0.1) is 5.10 Å². The third-order valence-electron chi connectivity index (χ3n) is 7.36. The van der Waals surface area contributed by atoms with E-state index in [1.54, 1.807) is 30.0 Å². The number of piperidine rings is 1. The maximum Gasteiger partial charge on any atom is 0.280 e. The average molecular weight is 552 g/mol. The highest BCUT2D eigenvalue weighted by atomic mass is 19.3. The van der Waals surface area contributed by atoms with Gasteiger partial charge in [0.05, 0.1) is 68.3 Å². The van der Waals surface area contributed by atoms with Crippen LogP contribution >= 0.6 is 0 Å². The molecule has 9 nitrogen and oxygen atoms in total. The van der Waals surface area contributed by atoms with E-state index in [1.807, 2.05) is 0 Å². The summed E-state index contributed by atoms with van der Waals surface area (Å²) < 4.78 is 84.8. The number of halogens is 5. The predicted molar refractivity (Wildman–Crippen MR) is 132 cm³/mol. The van der Waals surface area contributed by atoms with Crippen LogP contribution in [0.25, 0.3) is 27.7 Å². The number of nitrogens with one attached hydrogen (secondary N) is 1. The number of likely N-dealkylation sites (tertiary alicyclic amines) is 1. The number of benzene rings is 1. The fourth-order valence-electron chi connectivity index (χ4n) is 5.31. The minimum atomic E-state index is -3.05. The van der Waals surface area contributed by atoms with Crippen molar-refractivity contribution in [1.29, 1.82) is 0 Å². The highest BCUT2D eigenvalue weighted by molar-refractivity contribution is 5.90. The lowest BCUT2D eigenvalue weighted by Crippen LogP contribution is -2.61. The lowest BCUT2D eigenvalue weighted by molar-refractivity contribution is -0.131. The molecule has 3 aromatic heterocycles. The van der Waals surface area contributed by atoms with E-state index < -0.39 is 37.3 Å². The third-order valence-corrected chi connectivity index (χ3v) is 7.36. The zero-order valence-corrected chi connectivity index (χ0v) is 21.2. The predicted octanol–water partition coefficient (Wildman–Crippen LogP) is 3.99. The van der Waals surface area contributed by atoms with Gasteiger partial charge in [0.15, 0.2) is 5.82 Å². The molecule has 6 rings (SSSR count). The Kier molecular flexibility index (Phi) is 6.33. The lowest BCUT2D eigenvalue weighted by Gasteiger charge is -2.44. The quantitative estimate of drug-likeness (QED) is 0.348. The molecule has 2 aliphatic rings. The molecule has 39 heavy (non-hydrogen) atoms. The van der Waals surface area contributed by atoms with Crippen molar-refractivity contribution in [3.63, 3.8) is 0 Å². The molecule has 2 fully saturated rings. The summed E-state index contributed by atoms with van der Waals surface area (Å²) in [6.45, 7) is 2.03. The van der Waals surface area contributed by atoms with E-state index >= 15 is 4.39 Å². The van der Waals surface area contributed by atoms with Crippen LogP contribution in [0.15, 0.2) is 24.4 Å². The molecule has 4 aromatic rings. The van der Waals surface area contributed by atoms with Gasteiger partial charge >= 0.3 is 0 Å². The summed E-state index contributed by atoms with van der Waals surface area (Å²) in [6.07, 6.45) is -1.34. The Morgan fingerprint density at radius 2 is 2.03 bits per heavy atom. The van der Waals surface area contributed by atoms with E-state index in [0.29, 0.717) is 42.2 Å². The number of anilines is 1. The topological polar surface area (TPSA) is 81.7 Å². The second-order valence-corrected chi connectivity index (χ2v) is 9.86. The standard InChI is InChI=1S/C25H26F5N7O2/c1-13-31-17-4-3-14(7-18(17)36(13)9-20(27)28)21-16(26)8-37-22(21)23(38-2)33-24(34-37)32-19-5-6-35(12-25(19,29)30)15-10-39-11-15/h3-4,7-8,15,19-20H,5-6,9-12H2,1-2H3,(H,32,34)/t19-/m1/s1. The molecule has 2 saturated heterocycles. The van der Waals surface area contributed by atoms with Crippen LogP contribution in [0, 0.1) is 12.7 Å². The van der Waals surface area contributed by atoms with Crippen LogP contribution in [0.4, 0.5) is 27.9 Å². The molecule has 0 saturated carbocycles. The summed E-state index contributed by atoms with van der Waals surface area (Å²) in [5.41, 5.74) is 1.54. The minimum Gasteiger partial charge on any atom is -0.479 e. The van der Waals surface area contributed by atoms with E-state index in [1.165, 1.54) is 16.2 Å². The summed E-state index contributed by atoms with van der Waals surface area (Å²) in [7, 11) is 1.33. The van der Waals surface area contributed by atoms with E-state index in [2.05, 4.69) is 20.4 Å². The van der Waals surface area contributed by atoms with Crippen molar-refractivity contribution in [2.45, 2.75) is 44.3 Å². The van der Waals surface area contributed by atoms with Crippen LogP contribution in [0.5, 0.6) is 5.88 Å². The molecular weight excluding hydrogens is 525 g/mol. The maximum absolute atomic E-state index is 15.4. The van der Waals surface area contributed by atoms with Crippen molar-refractivity contribution in [2.75, 3.05) is 38.7 Å². The van der Waals surface area contributed by atoms with Crippen molar-refractivity contribution in [3.05, 3.63) is 36.0 Å². The van der Waals surface area contributed by atoms with Crippen molar-refractivity contribution in [2.24, 2.45) is 0 Å². The molecule has 0 radical (unpaired) electrons. The van der Waals surface area contributed by atoms with Crippen molar-refractivity contribution in [1.82, 2.24) is 29.0 Å². The number of rotatable bonds is 7. The van der Waals surface area contributed by atoms with Crippen LogP contribution in [-0.2, 0) is 11.3 Å². The molecule has 1 aromatic carbocycles. The number of methoxy groups -OCH3 is 1. The van der Waals surface area contributed by atoms with Crippen LogP contribution in [0.3, 0.4) is 0 Å². The summed E-state index contributed by atoms with van der Waals surface area (Å²) >= 11 is 0. The number of aryl methyl sites for hydroxylation is 1. The largest absolute Gasteiger partial charge is 0.479 e. The Morgan fingerprint density at radius 1 is 1.23 bits per heavy atom. The molecule has 5 heterocycles. The maximum atomic E-state index is 15.4. The molecule has 2 aliphatic heterocycles. The molecule has 0 unspecified atom stereocenters. The molecular formula is C25H26F5N7O2. The molecule has 208 valence electrons. The number of fused-ring (bicyclic) bond motifs is 2. The Labute approximate surface area is 219 Å². The summed E-state index contributed by atoms with van der Waals surface area (Å²) in [4.78, 5) is 10.3. The zero-order valence-electron chi connectivity index (χ0n) is 21.2. The number of alkyl halides is 4. The van der Waals surface area contributed by atoms with E-state index in [0.717, 1.165) is 6.20 Å². The first kappa shape index (κ1) is 25.7. The first-order chi connectivity index (χ1) is 18.6. The van der Waals surface area contributed by atoms with E-state index in [9.17, 15) is 17.6 Å². The second kappa shape index (κ2) is 9.59. The van der Waals surface area contributed by atoms with Crippen LogP contribution in [-0.4, -0.2) is 86.9 Å². The van der Waals surface area contributed by atoms with E-state index in [-0.39, 0.29) is 35.4 Å². The Balaban J connectivity index is 1.34. The highest BCUT2D eigenvalue weighted by Gasteiger charge is 2.47. The number of nitrogens with zero attached hydrogens (tertiary/aromatic N) is 6. The molecule has 1 N–H and O–H groups in total.